The van der Waals surface area contributed by atoms with E-state index in [1.54, 1.807) is 11.1 Å². The number of carbonyl (C=O) groups is 1. The molecule has 0 bridgehead atoms. The van der Waals surface area contributed by atoms with Crippen LogP contribution in [0.3, 0.4) is 0 Å². The summed E-state index contributed by atoms with van der Waals surface area (Å²) in [6.07, 6.45) is -0.549. The molecule has 0 saturated carbocycles. The normalized spacial score (nSPS) is 17.7. The smallest absolute Gasteiger partial charge is 0.276 e. The van der Waals surface area contributed by atoms with Crippen LogP contribution in [-0.2, 0) is 4.79 Å². The fourth-order valence-corrected chi connectivity index (χ4v) is 4.46. The number of hydrogen-bond donors (Lipinski definition) is 2. The molecule has 2 heterocycles. The van der Waals surface area contributed by atoms with Crippen LogP contribution in [0, 0.1) is 3.57 Å². The van der Waals surface area contributed by atoms with Gasteiger partial charge in [0, 0.05) is 10.8 Å². The quantitative estimate of drug-likeness (QED) is 0.603. The molecule has 0 saturated heterocycles. The average molecular weight is 522 g/mol. The van der Waals surface area contributed by atoms with Crippen LogP contribution in [0.1, 0.15) is 25.6 Å². The Kier molecular flexibility index (Phi) is 5.68. The van der Waals surface area contributed by atoms with Crippen LogP contribution in [0.15, 0.2) is 46.5 Å². The molecule has 29 heavy (non-hydrogen) atoms. The van der Waals surface area contributed by atoms with Crippen molar-refractivity contribution in [3.63, 3.8) is 0 Å². The highest BCUT2D eigenvalue weighted by molar-refractivity contribution is 14.1. The molecule has 0 aliphatic carbocycles. The maximum Gasteiger partial charge on any atom is 0.276 e. The van der Waals surface area contributed by atoms with Gasteiger partial charge in [-0.1, -0.05) is 36.9 Å². The highest BCUT2D eigenvalue weighted by Gasteiger charge is 2.35. The van der Waals surface area contributed by atoms with Gasteiger partial charge in [0.15, 0.2) is 22.8 Å². The minimum absolute atomic E-state index is 0.0960. The molecule has 7 nitrogen and oxygen atoms in total. The van der Waals surface area contributed by atoms with E-state index in [9.17, 15) is 9.90 Å². The van der Waals surface area contributed by atoms with E-state index in [1.165, 1.54) is 11.8 Å². The number of hydrogen-bond acceptors (Lipinski definition) is 7. The molecule has 0 radical (unpaired) electrons. The summed E-state index contributed by atoms with van der Waals surface area (Å²) < 4.78 is 6.24. The number of fused-ring (bicyclic) bond motifs is 2. The maximum atomic E-state index is 13.0. The number of para-hydroxylation sites is 1. The lowest BCUT2D eigenvalue weighted by atomic mass is 10.1. The van der Waals surface area contributed by atoms with Crippen molar-refractivity contribution >= 4 is 51.1 Å². The molecule has 2 aromatic rings. The standard InChI is InChI=1S/C20H19IN4O3S/c1-3-28-15-10-11(9-13(21)17(15)26)18-22-14-8-6-5-7-12(14)16-19(27)23-20(29-4-2)24-25(16)18/h5-10,18,26H,3-4H2,1-2H3,(H,23,24,27). The number of amidine groups is 1. The summed E-state index contributed by atoms with van der Waals surface area (Å²) in [5, 5.41) is 21.5. The van der Waals surface area contributed by atoms with Gasteiger partial charge >= 0.3 is 0 Å². The van der Waals surface area contributed by atoms with Gasteiger partial charge in [0.1, 0.15) is 5.70 Å². The number of phenolic OH excluding ortho intramolecular Hbond substituents is 1. The van der Waals surface area contributed by atoms with Gasteiger partial charge in [-0.3, -0.25) is 15.1 Å². The molecule has 2 aliphatic rings. The second-order valence-corrected chi connectivity index (χ2v) is 8.70. The van der Waals surface area contributed by atoms with Gasteiger partial charge < -0.3 is 9.84 Å². The van der Waals surface area contributed by atoms with Gasteiger partial charge in [-0.15, -0.1) is 5.10 Å². The van der Waals surface area contributed by atoms with E-state index in [0.29, 0.717) is 26.8 Å². The zero-order valence-corrected chi connectivity index (χ0v) is 18.8. The predicted molar refractivity (Wildman–Crippen MR) is 121 cm³/mol. The molecule has 150 valence electrons. The number of nitrogens with one attached hydrogen (secondary N) is 1. The molecule has 0 fully saturated rings. The summed E-state index contributed by atoms with van der Waals surface area (Å²) in [6.45, 7) is 4.29. The van der Waals surface area contributed by atoms with Crippen molar-refractivity contribution in [1.82, 2.24) is 10.3 Å². The first-order valence-electron chi connectivity index (χ1n) is 9.17. The topological polar surface area (TPSA) is 86.5 Å². The van der Waals surface area contributed by atoms with Crippen LogP contribution in [0.5, 0.6) is 11.5 Å². The van der Waals surface area contributed by atoms with Crippen molar-refractivity contribution < 1.29 is 14.6 Å². The van der Waals surface area contributed by atoms with E-state index >= 15 is 0 Å². The molecular weight excluding hydrogens is 503 g/mol. The van der Waals surface area contributed by atoms with Crippen LogP contribution < -0.4 is 20.6 Å². The summed E-state index contributed by atoms with van der Waals surface area (Å²) in [6, 6.07) is 11.1. The van der Waals surface area contributed by atoms with Crippen molar-refractivity contribution in [3.8, 4) is 11.5 Å². The summed E-state index contributed by atoms with van der Waals surface area (Å²) in [5.41, 5.74) is 1.24. The van der Waals surface area contributed by atoms with E-state index in [4.69, 9.17) is 9.73 Å². The molecule has 4 rings (SSSR count). The van der Waals surface area contributed by atoms with Gasteiger partial charge in [0.25, 0.3) is 5.91 Å². The molecule has 2 aromatic carbocycles. The Balaban J connectivity index is 1.93. The monoisotopic (exact) mass is 522 g/mol. The number of carbonyl (C=O) groups excluding carboxylic acids is 1. The maximum absolute atomic E-state index is 13.0. The molecule has 2 N–H and O–H groups in total. The van der Waals surface area contributed by atoms with Crippen LogP contribution in [-0.4, -0.2) is 33.6 Å². The molecule has 1 amide bonds. The van der Waals surface area contributed by atoms with Crippen molar-refractivity contribution in [3.05, 3.63) is 56.1 Å². The first kappa shape index (κ1) is 20.0. The number of aromatic hydroxyl groups is 1. The third-order valence-corrected chi connectivity index (χ3v) is 6.01. The van der Waals surface area contributed by atoms with E-state index in [1.807, 2.05) is 44.2 Å². The molecule has 0 spiro atoms. The summed E-state index contributed by atoms with van der Waals surface area (Å²) in [4.78, 5) is 17.8. The SMILES string of the molecule is CCOc1cc(C2N=c3ccccc3=C3C(=O)NC(SCC)=NN32)cc(I)c1O. The number of nitrogens with zero attached hydrogens (tertiary/aromatic N) is 3. The molecule has 1 unspecified atom stereocenters. The largest absolute Gasteiger partial charge is 0.504 e. The number of thioether (sulfide) groups is 1. The minimum atomic E-state index is -0.549. The van der Waals surface area contributed by atoms with Crippen LogP contribution in [0.25, 0.3) is 5.70 Å². The number of phenols is 1. The van der Waals surface area contributed by atoms with E-state index < -0.39 is 6.17 Å². The van der Waals surface area contributed by atoms with Crippen LogP contribution in [0.2, 0.25) is 0 Å². The third kappa shape index (κ3) is 3.68. The molecule has 9 heteroatoms. The summed E-state index contributed by atoms with van der Waals surface area (Å²) in [7, 11) is 0. The number of hydrazone groups is 1. The zero-order valence-electron chi connectivity index (χ0n) is 15.8. The lowest BCUT2D eigenvalue weighted by molar-refractivity contribution is -0.116. The summed E-state index contributed by atoms with van der Waals surface area (Å²) >= 11 is 3.53. The highest BCUT2D eigenvalue weighted by atomic mass is 127. The number of ether oxygens (including phenoxy) is 1. The Hall–Kier alpha value is -2.27. The number of amides is 1. The predicted octanol–water partition coefficient (Wildman–Crippen LogP) is 2.29. The molecule has 2 aliphatic heterocycles. The molecular formula is C20H19IN4O3S. The number of halogens is 1. The van der Waals surface area contributed by atoms with Gasteiger partial charge in [-0.2, -0.15) is 0 Å². The van der Waals surface area contributed by atoms with Gasteiger partial charge in [0.05, 0.1) is 15.5 Å². The van der Waals surface area contributed by atoms with Crippen molar-refractivity contribution in [2.24, 2.45) is 10.1 Å². The Bertz CT molecular complexity index is 1140. The first-order chi connectivity index (χ1) is 14.0. The van der Waals surface area contributed by atoms with Gasteiger partial charge in [-0.05, 0) is 53.5 Å². The average Bonchev–Trinajstić information content (AvgIpc) is 2.71. The lowest BCUT2D eigenvalue weighted by Crippen LogP contribution is -2.50. The summed E-state index contributed by atoms with van der Waals surface area (Å²) in [5.74, 6) is 1.06. The number of rotatable bonds is 4. The van der Waals surface area contributed by atoms with Gasteiger partial charge in [-0.25, -0.2) is 5.01 Å². The molecule has 1 atom stereocenters. The fraction of sp³-hybridized carbons (Fsp3) is 0.250. The number of benzene rings is 2. The van der Waals surface area contributed by atoms with Gasteiger partial charge in [0.2, 0.25) is 0 Å². The van der Waals surface area contributed by atoms with Crippen LogP contribution >= 0.6 is 34.4 Å². The Morgan fingerprint density at radius 3 is 2.86 bits per heavy atom. The Labute approximate surface area is 185 Å². The lowest BCUT2D eigenvalue weighted by Gasteiger charge is -2.34. The van der Waals surface area contributed by atoms with E-state index in [0.717, 1.165) is 21.9 Å². The fourth-order valence-electron chi connectivity index (χ4n) is 3.25. The van der Waals surface area contributed by atoms with Crippen molar-refractivity contribution in [2.75, 3.05) is 12.4 Å². The van der Waals surface area contributed by atoms with E-state index in [2.05, 4.69) is 33.0 Å². The Morgan fingerprint density at radius 1 is 1.31 bits per heavy atom. The highest BCUT2D eigenvalue weighted by Crippen LogP contribution is 2.38. The van der Waals surface area contributed by atoms with Crippen LogP contribution in [0.4, 0.5) is 0 Å². The second-order valence-electron chi connectivity index (χ2n) is 6.29. The zero-order chi connectivity index (χ0) is 20.5. The minimum Gasteiger partial charge on any atom is -0.504 e. The van der Waals surface area contributed by atoms with Crippen molar-refractivity contribution in [1.29, 1.82) is 0 Å². The Morgan fingerprint density at radius 2 is 2.10 bits per heavy atom. The van der Waals surface area contributed by atoms with E-state index in [-0.39, 0.29) is 11.7 Å². The molecule has 0 aromatic heterocycles. The second kappa shape index (κ2) is 8.23. The first-order valence-corrected chi connectivity index (χ1v) is 11.2. The third-order valence-electron chi connectivity index (χ3n) is 4.45. The van der Waals surface area contributed by atoms with Crippen molar-refractivity contribution in [2.45, 2.75) is 20.0 Å².